The van der Waals surface area contributed by atoms with Crippen LogP contribution in [0.25, 0.3) is 17.5 Å². The number of carbonyl (C=O) groups is 1. The molecule has 0 spiro atoms. The van der Waals surface area contributed by atoms with Crippen molar-refractivity contribution in [2.45, 2.75) is 20.3 Å². The first-order chi connectivity index (χ1) is 14.3. The molecule has 1 fully saturated rings. The Hall–Kier alpha value is -2.63. The SMILES string of the molecule is CC1(C)CN(C(=O)c2cccc(Cl)c2)CC/C1=C\c1nnc(-c2cccc(Cl)c2)o1. The van der Waals surface area contributed by atoms with Crippen molar-refractivity contribution in [3.05, 3.63) is 75.6 Å². The third-order valence-electron chi connectivity index (χ3n) is 5.28. The highest BCUT2D eigenvalue weighted by Crippen LogP contribution is 2.36. The van der Waals surface area contributed by atoms with Gasteiger partial charge in [-0.05, 0) is 42.8 Å². The number of rotatable bonds is 3. The first-order valence-electron chi connectivity index (χ1n) is 9.67. The largest absolute Gasteiger partial charge is 0.417 e. The minimum Gasteiger partial charge on any atom is -0.417 e. The molecule has 0 aliphatic carbocycles. The number of halogens is 2. The Morgan fingerprint density at radius 2 is 1.83 bits per heavy atom. The molecule has 7 heteroatoms. The molecule has 4 rings (SSSR count). The number of nitrogens with zero attached hydrogens (tertiary/aromatic N) is 3. The molecule has 3 aromatic rings. The van der Waals surface area contributed by atoms with Crippen LogP contribution in [0, 0.1) is 5.41 Å². The van der Waals surface area contributed by atoms with E-state index in [1.165, 1.54) is 5.57 Å². The number of piperidine rings is 1. The summed E-state index contributed by atoms with van der Waals surface area (Å²) in [6.07, 6.45) is 2.66. The van der Waals surface area contributed by atoms with Crippen LogP contribution >= 0.6 is 23.2 Å². The zero-order chi connectivity index (χ0) is 21.3. The van der Waals surface area contributed by atoms with Crippen molar-refractivity contribution >= 4 is 35.2 Å². The molecule has 1 aliphatic heterocycles. The standard InChI is InChI=1S/C23H21Cl2N3O2/c1-23(2)14-28(22(29)16-6-4-8-19(25)12-16)10-9-17(23)13-20-26-27-21(30-20)15-5-3-7-18(24)11-15/h3-8,11-13H,9-10,14H2,1-2H3/b17-13+. The van der Waals surface area contributed by atoms with Crippen LogP contribution in [0.15, 0.2) is 58.5 Å². The maximum atomic E-state index is 12.9. The minimum absolute atomic E-state index is 0.00865. The van der Waals surface area contributed by atoms with Gasteiger partial charge in [-0.25, -0.2) is 0 Å². The van der Waals surface area contributed by atoms with Crippen LogP contribution in [0.2, 0.25) is 10.0 Å². The highest BCUT2D eigenvalue weighted by molar-refractivity contribution is 6.31. The molecule has 0 atom stereocenters. The van der Waals surface area contributed by atoms with E-state index in [0.717, 1.165) is 12.0 Å². The van der Waals surface area contributed by atoms with E-state index in [1.54, 1.807) is 36.4 Å². The molecular formula is C23H21Cl2N3O2. The van der Waals surface area contributed by atoms with E-state index >= 15 is 0 Å². The number of likely N-dealkylation sites (tertiary alicyclic amines) is 1. The summed E-state index contributed by atoms with van der Waals surface area (Å²) in [6, 6.07) is 14.4. The van der Waals surface area contributed by atoms with Crippen LogP contribution in [0.4, 0.5) is 0 Å². The number of benzene rings is 2. The fraction of sp³-hybridized carbons (Fsp3) is 0.261. The second kappa shape index (κ2) is 8.25. The summed E-state index contributed by atoms with van der Waals surface area (Å²) in [7, 11) is 0. The van der Waals surface area contributed by atoms with Crippen molar-refractivity contribution in [1.82, 2.24) is 15.1 Å². The van der Waals surface area contributed by atoms with Gasteiger partial charge in [0, 0.05) is 45.8 Å². The maximum absolute atomic E-state index is 12.9. The van der Waals surface area contributed by atoms with Gasteiger partial charge in [0.05, 0.1) is 0 Å². The van der Waals surface area contributed by atoms with Gasteiger partial charge in [0.1, 0.15) is 0 Å². The topological polar surface area (TPSA) is 59.2 Å². The summed E-state index contributed by atoms with van der Waals surface area (Å²) in [5.74, 6) is 0.865. The molecule has 1 aliphatic rings. The smallest absolute Gasteiger partial charge is 0.253 e. The predicted octanol–water partition coefficient (Wildman–Crippen LogP) is 6.00. The monoisotopic (exact) mass is 441 g/mol. The Balaban J connectivity index is 1.52. The molecule has 1 amide bonds. The number of hydrogen-bond acceptors (Lipinski definition) is 4. The van der Waals surface area contributed by atoms with E-state index in [9.17, 15) is 4.79 Å². The Labute approximate surface area is 185 Å². The zero-order valence-electron chi connectivity index (χ0n) is 16.7. The summed E-state index contributed by atoms with van der Waals surface area (Å²) in [4.78, 5) is 14.8. The van der Waals surface area contributed by atoms with Crippen molar-refractivity contribution in [3.63, 3.8) is 0 Å². The van der Waals surface area contributed by atoms with Crippen LogP contribution in [-0.4, -0.2) is 34.1 Å². The van der Waals surface area contributed by atoms with Crippen molar-refractivity contribution in [3.8, 4) is 11.5 Å². The van der Waals surface area contributed by atoms with E-state index in [4.69, 9.17) is 27.6 Å². The number of amides is 1. The summed E-state index contributed by atoms with van der Waals surface area (Å²) in [5, 5.41) is 9.47. The average Bonchev–Trinajstić information content (AvgIpc) is 3.17. The third-order valence-corrected chi connectivity index (χ3v) is 5.75. The van der Waals surface area contributed by atoms with Gasteiger partial charge in [-0.2, -0.15) is 0 Å². The number of hydrogen-bond donors (Lipinski definition) is 0. The third kappa shape index (κ3) is 4.42. The summed E-state index contributed by atoms with van der Waals surface area (Å²) in [6.45, 7) is 5.45. The minimum atomic E-state index is -0.225. The fourth-order valence-corrected chi connectivity index (χ4v) is 4.06. The molecular weight excluding hydrogens is 421 g/mol. The summed E-state index contributed by atoms with van der Waals surface area (Å²) < 4.78 is 5.83. The first-order valence-corrected chi connectivity index (χ1v) is 10.4. The van der Waals surface area contributed by atoms with Gasteiger partial charge < -0.3 is 9.32 Å². The highest BCUT2D eigenvalue weighted by Gasteiger charge is 2.34. The van der Waals surface area contributed by atoms with Crippen LogP contribution in [0.1, 0.15) is 36.5 Å². The second-order valence-electron chi connectivity index (χ2n) is 8.00. The van der Waals surface area contributed by atoms with Crippen LogP contribution in [-0.2, 0) is 0 Å². The van der Waals surface area contributed by atoms with E-state index in [0.29, 0.717) is 40.5 Å². The van der Waals surface area contributed by atoms with E-state index in [-0.39, 0.29) is 11.3 Å². The normalized spacial score (nSPS) is 17.3. The van der Waals surface area contributed by atoms with Crippen molar-refractivity contribution in [2.24, 2.45) is 5.41 Å². The lowest BCUT2D eigenvalue weighted by Gasteiger charge is -2.40. The second-order valence-corrected chi connectivity index (χ2v) is 8.87. The van der Waals surface area contributed by atoms with E-state index in [2.05, 4.69) is 24.0 Å². The Morgan fingerprint density at radius 1 is 1.10 bits per heavy atom. The Bertz CT molecular complexity index is 1120. The molecule has 2 aromatic carbocycles. The molecule has 0 radical (unpaired) electrons. The number of carbonyl (C=O) groups excluding carboxylic acids is 1. The molecule has 0 unspecified atom stereocenters. The van der Waals surface area contributed by atoms with Crippen LogP contribution in [0.3, 0.4) is 0 Å². The van der Waals surface area contributed by atoms with E-state index in [1.807, 2.05) is 23.1 Å². The molecule has 154 valence electrons. The highest BCUT2D eigenvalue weighted by atomic mass is 35.5. The molecule has 2 heterocycles. The van der Waals surface area contributed by atoms with Gasteiger partial charge in [-0.3, -0.25) is 4.79 Å². The predicted molar refractivity (Wildman–Crippen MR) is 118 cm³/mol. The summed E-state index contributed by atoms with van der Waals surface area (Å²) >= 11 is 12.1. The van der Waals surface area contributed by atoms with Crippen LogP contribution < -0.4 is 0 Å². The summed E-state index contributed by atoms with van der Waals surface area (Å²) in [5.41, 5.74) is 2.32. The molecule has 0 saturated carbocycles. The molecule has 0 N–H and O–H groups in total. The van der Waals surface area contributed by atoms with Crippen molar-refractivity contribution in [1.29, 1.82) is 0 Å². The lowest BCUT2D eigenvalue weighted by molar-refractivity contribution is 0.0664. The Kier molecular flexibility index (Phi) is 5.67. The van der Waals surface area contributed by atoms with Gasteiger partial charge in [0.2, 0.25) is 11.8 Å². The maximum Gasteiger partial charge on any atom is 0.253 e. The van der Waals surface area contributed by atoms with Gasteiger partial charge in [0.15, 0.2) is 0 Å². The van der Waals surface area contributed by atoms with Gasteiger partial charge >= 0.3 is 0 Å². The van der Waals surface area contributed by atoms with E-state index < -0.39 is 0 Å². The van der Waals surface area contributed by atoms with Crippen molar-refractivity contribution < 1.29 is 9.21 Å². The fourth-order valence-electron chi connectivity index (χ4n) is 3.68. The molecule has 5 nitrogen and oxygen atoms in total. The van der Waals surface area contributed by atoms with Gasteiger partial charge in [-0.15, -0.1) is 10.2 Å². The van der Waals surface area contributed by atoms with Gasteiger partial charge in [-0.1, -0.05) is 54.8 Å². The first kappa shape index (κ1) is 20.6. The lowest BCUT2D eigenvalue weighted by atomic mass is 9.78. The van der Waals surface area contributed by atoms with Crippen molar-refractivity contribution in [2.75, 3.05) is 13.1 Å². The molecule has 1 saturated heterocycles. The van der Waals surface area contributed by atoms with Gasteiger partial charge in [0.25, 0.3) is 5.91 Å². The zero-order valence-corrected chi connectivity index (χ0v) is 18.2. The molecule has 30 heavy (non-hydrogen) atoms. The lowest BCUT2D eigenvalue weighted by Crippen LogP contribution is -2.44. The molecule has 1 aromatic heterocycles. The number of aromatic nitrogens is 2. The van der Waals surface area contributed by atoms with Crippen LogP contribution in [0.5, 0.6) is 0 Å². The Morgan fingerprint density at radius 3 is 2.53 bits per heavy atom. The molecule has 0 bridgehead atoms. The average molecular weight is 442 g/mol. The quantitative estimate of drug-likeness (QED) is 0.499.